The van der Waals surface area contributed by atoms with Gasteiger partial charge in [-0.1, -0.05) is 41.4 Å². The van der Waals surface area contributed by atoms with E-state index in [1.165, 1.54) is 6.08 Å². The van der Waals surface area contributed by atoms with Crippen molar-refractivity contribution in [3.63, 3.8) is 0 Å². The smallest absolute Gasteiger partial charge is 0.266 e. The molecule has 0 aliphatic heterocycles. The SMILES string of the molecule is Cc1ccc(NC(=O)COc2ccc(/C=C(/C#N)C(=O)Nc3ccc(Cl)cc3)cc2)c(C)c1. The Morgan fingerprint density at radius 3 is 2.33 bits per heavy atom. The zero-order valence-electron chi connectivity index (χ0n) is 18.2. The molecular formula is C26H22ClN3O3. The average molecular weight is 460 g/mol. The Bertz CT molecular complexity index is 1230. The van der Waals surface area contributed by atoms with Crippen LogP contribution < -0.4 is 15.4 Å². The number of carbonyl (C=O) groups is 2. The lowest BCUT2D eigenvalue weighted by molar-refractivity contribution is -0.118. The van der Waals surface area contributed by atoms with E-state index in [1.807, 2.05) is 38.1 Å². The van der Waals surface area contributed by atoms with Crippen molar-refractivity contribution in [1.82, 2.24) is 0 Å². The molecule has 166 valence electrons. The first-order chi connectivity index (χ1) is 15.8. The second-order valence-corrected chi connectivity index (χ2v) is 7.79. The van der Waals surface area contributed by atoms with Crippen molar-refractivity contribution in [2.45, 2.75) is 13.8 Å². The summed E-state index contributed by atoms with van der Waals surface area (Å²) in [6.45, 7) is 3.78. The van der Waals surface area contributed by atoms with Gasteiger partial charge < -0.3 is 15.4 Å². The molecule has 0 radical (unpaired) electrons. The normalized spacial score (nSPS) is 10.8. The predicted octanol–water partition coefficient (Wildman–Crippen LogP) is 5.52. The van der Waals surface area contributed by atoms with Gasteiger partial charge in [0.25, 0.3) is 11.8 Å². The minimum Gasteiger partial charge on any atom is -0.484 e. The summed E-state index contributed by atoms with van der Waals surface area (Å²) in [5.41, 5.74) is 3.98. The third kappa shape index (κ3) is 6.96. The predicted molar refractivity (Wildman–Crippen MR) is 130 cm³/mol. The second kappa shape index (κ2) is 11.0. The minimum absolute atomic E-state index is 0.0496. The van der Waals surface area contributed by atoms with Crippen LogP contribution in [0.25, 0.3) is 6.08 Å². The maximum atomic E-state index is 12.4. The van der Waals surface area contributed by atoms with Crippen molar-refractivity contribution in [2.75, 3.05) is 17.2 Å². The van der Waals surface area contributed by atoms with Crippen LogP contribution in [0.5, 0.6) is 5.75 Å². The van der Waals surface area contributed by atoms with E-state index in [0.29, 0.717) is 22.0 Å². The molecule has 0 spiro atoms. The van der Waals surface area contributed by atoms with Crippen molar-refractivity contribution >= 4 is 40.9 Å². The zero-order chi connectivity index (χ0) is 23.8. The summed E-state index contributed by atoms with van der Waals surface area (Å²) in [6.07, 6.45) is 1.47. The van der Waals surface area contributed by atoms with Gasteiger partial charge in [-0.2, -0.15) is 5.26 Å². The second-order valence-electron chi connectivity index (χ2n) is 7.36. The van der Waals surface area contributed by atoms with E-state index >= 15 is 0 Å². The average Bonchev–Trinajstić information content (AvgIpc) is 2.80. The van der Waals surface area contributed by atoms with Crippen LogP contribution in [0.3, 0.4) is 0 Å². The molecule has 0 atom stereocenters. The van der Waals surface area contributed by atoms with Crippen LogP contribution in [-0.2, 0) is 9.59 Å². The van der Waals surface area contributed by atoms with Crippen LogP contribution in [0.15, 0.2) is 72.3 Å². The summed E-state index contributed by atoms with van der Waals surface area (Å²) in [6, 6.07) is 21.0. The molecule has 3 aromatic rings. The number of carbonyl (C=O) groups excluding carboxylic acids is 2. The summed E-state index contributed by atoms with van der Waals surface area (Å²) < 4.78 is 5.54. The zero-order valence-corrected chi connectivity index (χ0v) is 18.9. The highest BCUT2D eigenvalue weighted by molar-refractivity contribution is 6.30. The standard InChI is InChI=1S/C26H22ClN3O3/c1-17-3-12-24(18(2)13-17)30-25(31)16-33-23-10-4-19(5-11-23)14-20(15-28)26(32)29-22-8-6-21(27)7-9-22/h3-14H,16H2,1-2H3,(H,29,32)(H,30,31)/b20-14-. The number of nitrogens with zero attached hydrogens (tertiary/aromatic N) is 1. The third-order valence-corrected chi connectivity index (χ3v) is 4.94. The fourth-order valence-electron chi connectivity index (χ4n) is 3.00. The van der Waals surface area contributed by atoms with Crippen molar-refractivity contribution in [3.05, 3.63) is 94.0 Å². The van der Waals surface area contributed by atoms with E-state index in [9.17, 15) is 14.9 Å². The number of nitrogens with one attached hydrogen (secondary N) is 2. The number of halogens is 1. The molecule has 3 aromatic carbocycles. The molecular weight excluding hydrogens is 438 g/mol. The quantitative estimate of drug-likeness (QED) is 0.359. The fraction of sp³-hybridized carbons (Fsp3) is 0.115. The lowest BCUT2D eigenvalue weighted by Gasteiger charge is -2.10. The number of hydrogen-bond acceptors (Lipinski definition) is 4. The molecule has 0 bridgehead atoms. The number of nitriles is 1. The van der Waals surface area contributed by atoms with Crippen LogP contribution in [0.2, 0.25) is 5.02 Å². The first-order valence-electron chi connectivity index (χ1n) is 10.1. The highest BCUT2D eigenvalue weighted by Crippen LogP contribution is 2.18. The molecule has 3 rings (SSSR count). The summed E-state index contributed by atoms with van der Waals surface area (Å²) in [5.74, 6) is -0.299. The van der Waals surface area contributed by atoms with E-state index in [2.05, 4.69) is 10.6 Å². The number of benzene rings is 3. The van der Waals surface area contributed by atoms with Gasteiger partial charge >= 0.3 is 0 Å². The number of amides is 2. The monoisotopic (exact) mass is 459 g/mol. The molecule has 0 unspecified atom stereocenters. The Morgan fingerprint density at radius 2 is 1.70 bits per heavy atom. The molecule has 0 aliphatic rings. The minimum atomic E-state index is -0.525. The van der Waals surface area contributed by atoms with Crippen LogP contribution in [0.1, 0.15) is 16.7 Å². The molecule has 7 heteroatoms. The Morgan fingerprint density at radius 1 is 1.00 bits per heavy atom. The van der Waals surface area contributed by atoms with E-state index in [0.717, 1.165) is 16.8 Å². The highest BCUT2D eigenvalue weighted by atomic mass is 35.5. The largest absolute Gasteiger partial charge is 0.484 e. The molecule has 0 heterocycles. The summed E-state index contributed by atoms with van der Waals surface area (Å²) in [5, 5.41) is 15.4. The molecule has 0 fully saturated rings. The van der Waals surface area contributed by atoms with Crippen molar-refractivity contribution in [3.8, 4) is 11.8 Å². The van der Waals surface area contributed by atoms with E-state index in [1.54, 1.807) is 48.5 Å². The maximum Gasteiger partial charge on any atom is 0.266 e. The molecule has 0 aromatic heterocycles. The lowest BCUT2D eigenvalue weighted by atomic mass is 10.1. The van der Waals surface area contributed by atoms with Crippen molar-refractivity contribution < 1.29 is 14.3 Å². The van der Waals surface area contributed by atoms with Gasteiger partial charge in [0.2, 0.25) is 0 Å². The van der Waals surface area contributed by atoms with E-state index in [-0.39, 0.29) is 18.1 Å². The first kappa shape index (κ1) is 23.6. The Hall–Kier alpha value is -4.08. The van der Waals surface area contributed by atoms with Crippen molar-refractivity contribution in [1.29, 1.82) is 5.26 Å². The fourth-order valence-corrected chi connectivity index (χ4v) is 3.12. The maximum absolute atomic E-state index is 12.4. The van der Waals surface area contributed by atoms with Crippen LogP contribution >= 0.6 is 11.6 Å². The van der Waals surface area contributed by atoms with Crippen LogP contribution in [0.4, 0.5) is 11.4 Å². The van der Waals surface area contributed by atoms with E-state index < -0.39 is 5.91 Å². The number of rotatable bonds is 7. The Balaban J connectivity index is 1.57. The van der Waals surface area contributed by atoms with Gasteiger partial charge in [-0.3, -0.25) is 9.59 Å². The van der Waals surface area contributed by atoms with E-state index in [4.69, 9.17) is 16.3 Å². The number of aryl methyl sites for hydroxylation is 2. The molecule has 0 aliphatic carbocycles. The molecule has 2 amide bonds. The van der Waals surface area contributed by atoms with Gasteiger partial charge in [-0.05, 0) is 73.5 Å². The van der Waals surface area contributed by atoms with Gasteiger partial charge in [0, 0.05) is 16.4 Å². The third-order valence-electron chi connectivity index (χ3n) is 4.68. The number of ether oxygens (including phenoxy) is 1. The Kier molecular flexibility index (Phi) is 7.85. The van der Waals surface area contributed by atoms with Gasteiger partial charge in [0.1, 0.15) is 17.4 Å². The Labute approximate surface area is 197 Å². The van der Waals surface area contributed by atoms with Crippen molar-refractivity contribution in [2.24, 2.45) is 0 Å². The highest BCUT2D eigenvalue weighted by Gasteiger charge is 2.10. The molecule has 6 nitrogen and oxygen atoms in total. The molecule has 0 saturated carbocycles. The number of hydrogen-bond donors (Lipinski definition) is 2. The van der Waals surface area contributed by atoms with Gasteiger partial charge in [-0.15, -0.1) is 0 Å². The topological polar surface area (TPSA) is 91.2 Å². The van der Waals surface area contributed by atoms with Crippen LogP contribution in [0, 0.1) is 25.2 Å². The van der Waals surface area contributed by atoms with Crippen LogP contribution in [-0.4, -0.2) is 18.4 Å². The lowest BCUT2D eigenvalue weighted by Crippen LogP contribution is -2.20. The molecule has 2 N–H and O–H groups in total. The molecule has 33 heavy (non-hydrogen) atoms. The summed E-state index contributed by atoms with van der Waals surface area (Å²) >= 11 is 5.84. The van der Waals surface area contributed by atoms with Gasteiger partial charge in [-0.25, -0.2) is 0 Å². The van der Waals surface area contributed by atoms with Gasteiger partial charge in [0.15, 0.2) is 6.61 Å². The number of anilines is 2. The first-order valence-corrected chi connectivity index (χ1v) is 10.5. The summed E-state index contributed by atoms with van der Waals surface area (Å²) in [7, 11) is 0. The van der Waals surface area contributed by atoms with Gasteiger partial charge in [0.05, 0.1) is 0 Å². The summed E-state index contributed by atoms with van der Waals surface area (Å²) in [4.78, 5) is 24.6. The molecule has 0 saturated heterocycles.